The molecule has 4 atom stereocenters. The second-order valence-electron chi connectivity index (χ2n) is 5.73. The molecule has 0 aromatic rings. The van der Waals surface area contributed by atoms with Crippen LogP contribution in [-0.2, 0) is 4.74 Å². The van der Waals surface area contributed by atoms with E-state index in [0.29, 0.717) is 0 Å². The summed E-state index contributed by atoms with van der Waals surface area (Å²) in [6.07, 6.45) is 0. The Balaban J connectivity index is 1.93. The number of ether oxygens (including phenoxy) is 1. The van der Waals surface area contributed by atoms with E-state index < -0.39 is 0 Å². The fourth-order valence-corrected chi connectivity index (χ4v) is 4.20. The zero-order valence-electron chi connectivity index (χ0n) is 10.6. The predicted octanol–water partition coefficient (Wildman–Crippen LogP) is 1.18. The van der Waals surface area contributed by atoms with Gasteiger partial charge in [0.1, 0.15) is 0 Å². The van der Waals surface area contributed by atoms with Crippen LogP contribution in [0.4, 0.5) is 0 Å². The number of nitrogens with two attached hydrogens (primary N) is 1. The highest BCUT2D eigenvalue weighted by Crippen LogP contribution is 2.31. The Morgan fingerprint density at radius 1 is 1.38 bits per heavy atom. The Morgan fingerprint density at radius 3 is 2.50 bits per heavy atom. The molecule has 0 spiro atoms. The highest BCUT2D eigenvalue weighted by atomic mass is 32.2. The molecule has 4 unspecified atom stereocenters. The Morgan fingerprint density at radius 2 is 2.00 bits per heavy atom. The van der Waals surface area contributed by atoms with Crippen LogP contribution in [0.25, 0.3) is 0 Å². The summed E-state index contributed by atoms with van der Waals surface area (Å²) in [5.74, 6) is 0. The van der Waals surface area contributed by atoms with Crippen molar-refractivity contribution in [2.75, 3.05) is 32.8 Å². The van der Waals surface area contributed by atoms with Gasteiger partial charge in [0.15, 0.2) is 0 Å². The molecule has 2 rings (SSSR count). The SMILES string of the molecule is CC1CN(CC2(C)COCC2N)CC(C)S1. The van der Waals surface area contributed by atoms with Gasteiger partial charge in [-0.1, -0.05) is 20.8 Å². The molecule has 0 amide bonds. The third kappa shape index (κ3) is 2.73. The topological polar surface area (TPSA) is 38.5 Å². The van der Waals surface area contributed by atoms with Crippen molar-refractivity contribution in [1.29, 1.82) is 0 Å². The van der Waals surface area contributed by atoms with Crippen molar-refractivity contribution in [1.82, 2.24) is 4.90 Å². The van der Waals surface area contributed by atoms with Crippen LogP contribution in [0.15, 0.2) is 0 Å². The van der Waals surface area contributed by atoms with Crippen LogP contribution in [0.5, 0.6) is 0 Å². The quantitative estimate of drug-likeness (QED) is 0.791. The van der Waals surface area contributed by atoms with E-state index >= 15 is 0 Å². The number of hydrogen-bond donors (Lipinski definition) is 1. The molecule has 0 bridgehead atoms. The van der Waals surface area contributed by atoms with E-state index in [1.54, 1.807) is 0 Å². The van der Waals surface area contributed by atoms with Crippen LogP contribution in [-0.4, -0.2) is 54.3 Å². The second kappa shape index (κ2) is 4.84. The molecule has 3 nitrogen and oxygen atoms in total. The van der Waals surface area contributed by atoms with Crippen LogP contribution in [0.1, 0.15) is 20.8 Å². The molecule has 2 heterocycles. The Labute approximate surface area is 103 Å². The van der Waals surface area contributed by atoms with Gasteiger partial charge in [0.05, 0.1) is 13.2 Å². The first kappa shape index (κ1) is 12.7. The Kier molecular flexibility index (Phi) is 3.84. The molecule has 2 aliphatic rings. The summed E-state index contributed by atoms with van der Waals surface area (Å²) in [7, 11) is 0. The van der Waals surface area contributed by atoms with Crippen LogP contribution in [0.3, 0.4) is 0 Å². The lowest BCUT2D eigenvalue weighted by molar-refractivity contribution is 0.118. The van der Waals surface area contributed by atoms with Crippen molar-refractivity contribution in [3.05, 3.63) is 0 Å². The van der Waals surface area contributed by atoms with Gasteiger partial charge in [-0.25, -0.2) is 0 Å². The van der Waals surface area contributed by atoms with E-state index in [0.717, 1.165) is 30.3 Å². The van der Waals surface area contributed by atoms with Crippen molar-refractivity contribution in [3.8, 4) is 0 Å². The van der Waals surface area contributed by atoms with Gasteiger partial charge in [-0.05, 0) is 0 Å². The minimum Gasteiger partial charge on any atom is -0.379 e. The largest absolute Gasteiger partial charge is 0.379 e. The average Bonchev–Trinajstić information content (AvgIpc) is 2.44. The molecule has 0 saturated carbocycles. The molecule has 2 N–H and O–H groups in total. The zero-order valence-corrected chi connectivity index (χ0v) is 11.4. The monoisotopic (exact) mass is 244 g/mol. The third-order valence-electron chi connectivity index (χ3n) is 3.70. The van der Waals surface area contributed by atoms with Crippen LogP contribution in [0, 0.1) is 5.41 Å². The molecule has 2 fully saturated rings. The molecule has 16 heavy (non-hydrogen) atoms. The summed E-state index contributed by atoms with van der Waals surface area (Å²) in [4.78, 5) is 2.57. The standard InChI is InChI=1S/C12H24N2OS/c1-9-4-14(5-10(2)16-9)7-12(3)8-15-6-11(12)13/h9-11H,4-8,13H2,1-3H3. The smallest absolute Gasteiger partial charge is 0.0624 e. The summed E-state index contributed by atoms with van der Waals surface area (Å²) in [5, 5.41) is 1.48. The fraction of sp³-hybridized carbons (Fsp3) is 1.00. The van der Waals surface area contributed by atoms with E-state index in [1.165, 1.54) is 13.1 Å². The van der Waals surface area contributed by atoms with Crippen LogP contribution < -0.4 is 5.73 Å². The maximum absolute atomic E-state index is 6.14. The van der Waals surface area contributed by atoms with Crippen molar-refractivity contribution >= 4 is 11.8 Å². The van der Waals surface area contributed by atoms with Crippen LogP contribution in [0.2, 0.25) is 0 Å². The van der Waals surface area contributed by atoms with Gasteiger partial charge in [-0.2, -0.15) is 11.8 Å². The Bertz CT molecular complexity index is 241. The fourth-order valence-electron chi connectivity index (χ4n) is 2.81. The minimum absolute atomic E-state index is 0.154. The molecule has 94 valence electrons. The minimum atomic E-state index is 0.154. The predicted molar refractivity (Wildman–Crippen MR) is 69.9 cm³/mol. The van der Waals surface area contributed by atoms with Gasteiger partial charge in [0.2, 0.25) is 0 Å². The van der Waals surface area contributed by atoms with Gasteiger partial charge in [0.25, 0.3) is 0 Å². The summed E-state index contributed by atoms with van der Waals surface area (Å²) in [5.41, 5.74) is 6.30. The third-order valence-corrected chi connectivity index (χ3v) is 4.93. The summed E-state index contributed by atoms with van der Waals surface area (Å²) >= 11 is 2.10. The highest BCUT2D eigenvalue weighted by Gasteiger charge is 2.40. The van der Waals surface area contributed by atoms with Crippen molar-refractivity contribution < 1.29 is 4.74 Å². The van der Waals surface area contributed by atoms with Crippen molar-refractivity contribution in [3.63, 3.8) is 0 Å². The zero-order chi connectivity index (χ0) is 11.8. The molecular formula is C12H24N2OS. The first-order valence-electron chi connectivity index (χ1n) is 6.21. The van der Waals surface area contributed by atoms with Gasteiger partial charge < -0.3 is 15.4 Å². The van der Waals surface area contributed by atoms with E-state index in [9.17, 15) is 0 Å². The maximum Gasteiger partial charge on any atom is 0.0624 e. The van der Waals surface area contributed by atoms with E-state index in [-0.39, 0.29) is 11.5 Å². The summed E-state index contributed by atoms with van der Waals surface area (Å²) < 4.78 is 5.51. The van der Waals surface area contributed by atoms with Crippen molar-refractivity contribution in [2.45, 2.75) is 37.3 Å². The van der Waals surface area contributed by atoms with Gasteiger partial charge in [-0.15, -0.1) is 0 Å². The maximum atomic E-state index is 6.14. The lowest BCUT2D eigenvalue weighted by atomic mass is 9.85. The summed E-state index contributed by atoms with van der Waals surface area (Å²) in [6.45, 7) is 11.9. The second-order valence-corrected chi connectivity index (χ2v) is 7.61. The average molecular weight is 244 g/mol. The number of nitrogens with zero attached hydrogens (tertiary/aromatic N) is 1. The van der Waals surface area contributed by atoms with E-state index in [4.69, 9.17) is 10.5 Å². The molecular weight excluding hydrogens is 220 g/mol. The summed E-state index contributed by atoms with van der Waals surface area (Å²) in [6, 6.07) is 0.202. The number of thioether (sulfide) groups is 1. The van der Waals surface area contributed by atoms with Gasteiger partial charge in [-0.3, -0.25) is 0 Å². The number of hydrogen-bond acceptors (Lipinski definition) is 4. The van der Waals surface area contributed by atoms with Crippen molar-refractivity contribution in [2.24, 2.45) is 11.1 Å². The van der Waals surface area contributed by atoms with E-state index in [2.05, 4.69) is 37.4 Å². The molecule has 2 aliphatic heterocycles. The Hall–Kier alpha value is 0.230. The lowest BCUT2D eigenvalue weighted by Gasteiger charge is -2.40. The first-order chi connectivity index (χ1) is 7.49. The highest BCUT2D eigenvalue weighted by molar-refractivity contribution is 8.00. The molecule has 0 radical (unpaired) electrons. The number of rotatable bonds is 2. The van der Waals surface area contributed by atoms with Gasteiger partial charge >= 0.3 is 0 Å². The van der Waals surface area contributed by atoms with Crippen LogP contribution >= 0.6 is 11.8 Å². The molecule has 2 saturated heterocycles. The van der Waals surface area contributed by atoms with E-state index in [1.807, 2.05) is 0 Å². The molecule has 0 aliphatic carbocycles. The molecule has 0 aromatic heterocycles. The van der Waals surface area contributed by atoms with Gasteiger partial charge in [0, 0.05) is 41.6 Å². The normalized spacial score (nSPS) is 46.1. The molecule has 0 aromatic carbocycles. The first-order valence-corrected chi connectivity index (χ1v) is 7.15. The molecule has 4 heteroatoms. The lowest BCUT2D eigenvalue weighted by Crippen LogP contribution is -2.51.